The van der Waals surface area contributed by atoms with Crippen LogP contribution < -0.4 is 5.32 Å². The summed E-state index contributed by atoms with van der Waals surface area (Å²) in [6.45, 7) is 5.41. The van der Waals surface area contributed by atoms with E-state index in [1.54, 1.807) is 18.0 Å². The van der Waals surface area contributed by atoms with Crippen LogP contribution in [0, 0.1) is 0 Å². The number of imidazole rings is 1. The van der Waals surface area contributed by atoms with Crippen LogP contribution in [0.3, 0.4) is 0 Å². The summed E-state index contributed by atoms with van der Waals surface area (Å²) in [6.07, 6.45) is 3.75. The van der Waals surface area contributed by atoms with Gasteiger partial charge in [-0.05, 0) is 13.8 Å². The number of aliphatic hydroxyl groups is 1. The molecule has 0 unspecified atom stereocenters. The lowest BCUT2D eigenvalue weighted by Gasteiger charge is -2.16. The average Bonchev–Trinajstić information content (AvgIpc) is 2.56. The fourth-order valence-corrected chi connectivity index (χ4v) is 2.17. The Morgan fingerprint density at radius 3 is 2.88 bits per heavy atom. The van der Waals surface area contributed by atoms with E-state index < -0.39 is 5.60 Å². The molecule has 92 valence electrons. The van der Waals surface area contributed by atoms with Gasteiger partial charge in [0.2, 0.25) is 0 Å². The molecule has 0 saturated heterocycles. The summed E-state index contributed by atoms with van der Waals surface area (Å²) in [5, 5.41) is 12.8. The summed E-state index contributed by atoms with van der Waals surface area (Å²) in [5.74, 6) is 2.83. The molecule has 1 heterocycles. The van der Waals surface area contributed by atoms with Gasteiger partial charge < -0.3 is 15.0 Å². The van der Waals surface area contributed by atoms with E-state index in [-0.39, 0.29) is 0 Å². The van der Waals surface area contributed by atoms with Gasteiger partial charge in [-0.25, -0.2) is 4.98 Å². The van der Waals surface area contributed by atoms with E-state index in [1.165, 1.54) is 0 Å². The molecular weight excluding hydrogens is 222 g/mol. The third-order valence-electron chi connectivity index (χ3n) is 2.08. The largest absolute Gasteiger partial charge is 0.390 e. The minimum atomic E-state index is -0.565. The van der Waals surface area contributed by atoms with Crippen LogP contribution in [-0.4, -0.2) is 38.3 Å². The van der Waals surface area contributed by atoms with Crippen molar-refractivity contribution in [2.24, 2.45) is 7.05 Å². The fraction of sp³-hybridized carbons (Fsp3) is 0.727. The fourth-order valence-electron chi connectivity index (χ4n) is 1.23. The molecule has 0 spiro atoms. The first-order valence-electron chi connectivity index (χ1n) is 5.46. The molecule has 0 aromatic carbocycles. The van der Waals surface area contributed by atoms with Crippen LogP contribution in [0.4, 0.5) is 0 Å². The molecular formula is C11H21N3OS. The van der Waals surface area contributed by atoms with Gasteiger partial charge in [0.15, 0.2) is 0 Å². The second kappa shape index (κ2) is 6.27. The van der Waals surface area contributed by atoms with Crippen molar-refractivity contribution in [1.82, 2.24) is 14.9 Å². The molecule has 0 aliphatic rings. The number of nitrogens with one attached hydrogen (secondary N) is 1. The SMILES string of the molecule is Cn1ccnc1CNCCSCC(C)(C)O. The van der Waals surface area contributed by atoms with Gasteiger partial charge in [-0.1, -0.05) is 0 Å². The monoisotopic (exact) mass is 243 g/mol. The molecule has 2 N–H and O–H groups in total. The number of hydrogen-bond donors (Lipinski definition) is 2. The minimum Gasteiger partial charge on any atom is -0.390 e. The highest BCUT2D eigenvalue weighted by Crippen LogP contribution is 2.10. The van der Waals surface area contributed by atoms with E-state index in [0.717, 1.165) is 30.4 Å². The topological polar surface area (TPSA) is 50.1 Å². The number of aryl methyl sites for hydroxylation is 1. The molecule has 0 saturated carbocycles. The first-order chi connectivity index (χ1) is 7.49. The van der Waals surface area contributed by atoms with Crippen molar-refractivity contribution in [3.8, 4) is 0 Å². The van der Waals surface area contributed by atoms with Crippen molar-refractivity contribution < 1.29 is 5.11 Å². The minimum absolute atomic E-state index is 0.565. The van der Waals surface area contributed by atoms with Gasteiger partial charge in [0.1, 0.15) is 5.82 Å². The molecule has 1 aromatic rings. The highest BCUT2D eigenvalue weighted by Gasteiger charge is 2.11. The molecule has 0 aliphatic carbocycles. The highest BCUT2D eigenvalue weighted by molar-refractivity contribution is 7.99. The van der Waals surface area contributed by atoms with Crippen LogP contribution in [0.2, 0.25) is 0 Å². The van der Waals surface area contributed by atoms with Crippen LogP contribution in [0.25, 0.3) is 0 Å². The maximum atomic E-state index is 9.51. The Morgan fingerprint density at radius 2 is 2.31 bits per heavy atom. The zero-order valence-electron chi connectivity index (χ0n) is 10.2. The Morgan fingerprint density at radius 1 is 1.56 bits per heavy atom. The number of thioether (sulfide) groups is 1. The number of nitrogens with zero attached hydrogens (tertiary/aromatic N) is 2. The smallest absolute Gasteiger partial charge is 0.122 e. The van der Waals surface area contributed by atoms with Crippen molar-refractivity contribution in [3.05, 3.63) is 18.2 Å². The third-order valence-corrected chi connectivity index (χ3v) is 3.49. The quantitative estimate of drug-likeness (QED) is 0.702. The van der Waals surface area contributed by atoms with Gasteiger partial charge in [-0.3, -0.25) is 0 Å². The maximum Gasteiger partial charge on any atom is 0.122 e. The Balaban J connectivity index is 2.03. The molecule has 16 heavy (non-hydrogen) atoms. The van der Waals surface area contributed by atoms with Crippen LogP contribution in [0.1, 0.15) is 19.7 Å². The van der Waals surface area contributed by atoms with Crippen molar-refractivity contribution >= 4 is 11.8 Å². The summed E-state index contributed by atoms with van der Waals surface area (Å²) in [6, 6.07) is 0. The molecule has 1 rings (SSSR count). The summed E-state index contributed by atoms with van der Waals surface area (Å²) >= 11 is 1.76. The highest BCUT2D eigenvalue weighted by atomic mass is 32.2. The summed E-state index contributed by atoms with van der Waals surface area (Å²) in [5.41, 5.74) is -0.565. The van der Waals surface area contributed by atoms with Gasteiger partial charge in [-0.15, -0.1) is 0 Å². The van der Waals surface area contributed by atoms with Gasteiger partial charge in [0.05, 0.1) is 12.1 Å². The molecule has 5 heteroatoms. The summed E-state index contributed by atoms with van der Waals surface area (Å²) in [7, 11) is 1.99. The normalized spacial score (nSPS) is 12.0. The number of aromatic nitrogens is 2. The maximum absolute atomic E-state index is 9.51. The third kappa shape index (κ3) is 5.53. The van der Waals surface area contributed by atoms with Gasteiger partial charge >= 0.3 is 0 Å². The molecule has 0 amide bonds. The molecule has 4 nitrogen and oxygen atoms in total. The van der Waals surface area contributed by atoms with Crippen molar-refractivity contribution in [2.75, 3.05) is 18.1 Å². The number of hydrogen-bond acceptors (Lipinski definition) is 4. The second-order valence-electron chi connectivity index (χ2n) is 4.50. The van der Waals surface area contributed by atoms with E-state index in [9.17, 15) is 5.11 Å². The molecule has 0 radical (unpaired) electrons. The van der Waals surface area contributed by atoms with Gasteiger partial charge in [0, 0.05) is 37.5 Å². The van der Waals surface area contributed by atoms with Crippen molar-refractivity contribution in [1.29, 1.82) is 0 Å². The second-order valence-corrected chi connectivity index (χ2v) is 5.60. The number of rotatable bonds is 7. The Bertz CT molecular complexity index is 306. The van der Waals surface area contributed by atoms with E-state index in [2.05, 4.69) is 10.3 Å². The molecule has 0 aliphatic heterocycles. The molecule has 0 bridgehead atoms. The zero-order chi connectivity index (χ0) is 12.0. The lowest BCUT2D eigenvalue weighted by atomic mass is 10.2. The van der Waals surface area contributed by atoms with E-state index in [4.69, 9.17) is 0 Å². The van der Waals surface area contributed by atoms with Gasteiger partial charge in [-0.2, -0.15) is 11.8 Å². The van der Waals surface area contributed by atoms with E-state index in [0.29, 0.717) is 0 Å². The van der Waals surface area contributed by atoms with Crippen molar-refractivity contribution in [3.63, 3.8) is 0 Å². The Hall–Kier alpha value is -0.520. The van der Waals surface area contributed by atoms with E-state index >= 15 is 0 Å². The lowest BCUT2D eigenvalue weighted by Crippen LogP contribution is -2.24. The van der Waals surface area contributed by atoms with E-state index in [1.807, 2.05) is 31.7 Å². The van der Waals surface area contributed by atoms with Crippen LogP contribution >= 0.6 is 11.8 Å². The average molecular weight is 243 g/mol. The lowest BCUT2D eigenvalue weighted by molar-refractivity contribution is 0.107. The Labute approximate surface area is 101 Å². The predicted octanol–water partition coefficient (Wildman–Crippen LogP) is 1.01. The first kappa shape index (κ1) is 13.5. The summed E-state index contributed by atoms with van der Waals surface area (Å²) < 4.78 is 2.01. The van der Waals surface area contributed by atoms with Crippen molar-refractivity contribution in [2.45, 2.75) is 26.0 Å². The predicted molar refractivity (Wildman–Crippen MR) is 68.5 cm³/mol. The van der Waals surface area contributed by atoms with Crippen LogP contribution in [0.5, 0.6) is 0 Å². The standard InChI is InChI=1S/C11H21N3OS/c1-11(2,15)9-16-7-5-12-8-10-13-4-6-14(10)3/h4,6,12,15H,5,7-9H2,1-3H3. The zero-order valence-corrected chi connectivity index (χ0v) is 11.0. The molecule has 0 fully saturated rings. The van der Waals surface area contributed by atoms with Crippen LogP contribution in [0.15, 0.2) is 12.4 Å². The Kier molecular flexibility index (Phi) is 5.31. The van der Waals surface area contributed by atoms with Gasteiger partial charge in [0.25, 0.3) is 0 Å². The molecule has 1 aromatic heterocycles. The van der Waals surface area contributed by atoms with Crippen LogP contribution in [-0.2, 0) is 13.6 Å². The first-order valence-corrected chi connectivity index (χ1v) is 6.61. The molecule has 0 atom stereocenters. The summed E-state index contributed by atoms with van der Waals surface area (Å²) in [4.78, 5) is 4.23.